The van der Waals surface area contributed by atoms with E-state index in [4.69, 9.17) is 0 Å². The van der Waals surface area contributed by atoms with Crippen molar-refractivity contribution in [3.8, 4) is 5.75 Å². The molecule has 0 spiro atoms. The van der Waals surface area contributed by atoms with Gasteiger partial charge in [-0.15, -0.1) is 0 Å². The summed E-state index contributed by atoms with van der Waals surface area (Å²) in [7, 11) is -3.78. The zero-order chi connectivity index (χ0) is 12.6. The van der Waals surface area contributed by atoms with Crippen molar-refractivity contribution in [3.63, 3.8) is 0 Å². The summed E-state index contributed by atoms with van der Waals surface area (Å²) in [5.41, 5.74) is 0.877. The Morgan fingerprint density at radius 3 is 2.76 bits per heavy atom. The van der Waals surface area contributed by atoms with E-state index < -0.39 is 15.9 Å². The number of aromatic nitrogens is 1. The maximum atomic E-state index is 13.7. The highest BCUT2D eigenvalue weighted by atomic mass is 32.2. The molecule has 0 aliphatic carbocycles. The first-order valence-corrected chi connectivity index (χ1v) is 6.63. The second kappa shape index (κ2) is 3.96. The van der Waals surface area contributed by atoms with Gasteiger partial charge in [0.25, 0.3) is 0 Å². The van der Waals surface area contributed by atoms with Crippen molar-refractivity contribution >= 4 is 21.0 Å². The van der Waals surface area contributed by atoms with Crippen LogP contribution in [-0.4, -0.2) is 19.7 Å². The molecule has 1 heterocycles. The molecule has 1 aromatic heterocycles. The van der Waals surface area contributed by atoms with Gasteiger partial charge in [0.05, 0.1) is 6.26 Å². The lowest BCUT2D eigenvalue weighted by molar-refractivity contribution is 0.470. The van der Waals surface area contributed by atoms with Crippen LogP contribution in [0.1, 0.15) is 5.56 Å². The van der Waals surface area contributed by atoms with E-state index in [0.717, 1.165) is 6.26 Å². The normalized spacial score (nSPS) is 11.7. The maximum absolute atomic E-state index is 13.7. The Kier molecular flexibility index (Phi) is 2.74. The summed E-state index contributed by atoms with van der Waals surface area (Å²) in [4.78, 5) is 3.96. The number of aryl methyl sites for hydroxylation is 1. The molecule has 0 saturated carbocycles. The van der Waals surface area contributed by atoms with Crippen molar-refractivity contribution in [2.24, 2.45) is 0 Å². The average Bonchev–Trinajstić information content (AvgIpc) is 2.23. The molecule has 0 fully saturated rings. The number of fused-ring (bicyclic) bond motifs is 1. The molecule has 0 aliphatic rings. The highest BCUT2D eigenvalue weighted by molar-refractivity contribution is 7.86. The molecular formula is C11H10FNO3S. The van der Waals surface area contributed by atoms with Crippen LogP contribution in [0.2, 0.25) is 0 Å². The first-order chi connectivity index (χ1) is 7.88. The summed E-state index contributed by atoms with van der Waals surface area (Å²) < 4.78 is 40.4. The quantitative estimate of drug-likeness (QED) is 0.770. The van der Waals surface area contributed by atoms with E-state index in [1.165, 1.54) is 12.3 Å². The molecule has 90 valence electrons. The van der Waals surface area contributed by atoms with Gasteiger partial charge in [-0.2, -0.15) is 8.42 Å². The van der Waals surface area contributed by atoms with Gasteiger partial charge in [-0.3, -0.25) is 4.98 Å². The number of hydrogen-bond donors (Lipinski definition) is 0. The molecule has 1 aromatic carbocycles. The Labute approximate surface area is 98.2 Å². The fourth-order valence-electron chi connectivity index (χ4n) is 1.58. The third-order valence-corrected chi connectivity index (χ3v) is 2.71. The van der Waals surface area contributed by atoms with Crippen molar-refractivity contribution in [1.82, 2.24) is 4.98 Å². The zero-order valence-corrected chi connectivity index (χ0v) is 10.1. The van der Waals surface area contributed by atoms with Crippen LogP contribution in [0, 0.1) is 12.7 Å². The van der Waals surface area contributed by atoms with E-state index in [0.29, 0.717) is 10.9 Å². The predicted octanol–water partition coefficient (Wildman–Crippen LogP) is 2.02. The monoisotopic (exact) mass is 255 g/mol. The molecule has 4 nitrogen and oxygen atoms in total. The first kappa shape index (κ1) is 11.8. The predicted molar refractivity (Wildman–Crippen MR) is 61.9 cm³/mol. The van der Waals surface area contributed by atoms with E-state index >= 15 is 0 Å². The van der Waals surface area contributed by atoms with Gasteiger partial charge in [0.2, 0.25) is 5.75 Å². The molecular weight excluding hydrogens is 245 g/mol. The Balaban J connectivity index is 2.78. The third-order valence-electron chi connectivity index (χ3n) is 2.24. The van der Waals surface area contributed by atoms with E-state index in [2.05, 4.69) is 9.17 Å². The Bertz CT molecular complexity index is 682. The zero-order valence-electron chi connectivity index (χ0n) is 9.27. The summed E-state index contributed by atoms with van der Waals surface area (Å²) in [5.74, 6) is -1.09. The van der Waals surface area contributed by atoms with Gasteiger partial charge in [0, 0.05) is 11.6 Å². The third kappa shape index (κ3) is 2.36. The largest absolute Gasteiger partial charge is 0.377 e. The molecule has 0 bridgehead atoms. The van der Waals surface area contributed by atoms with Gasteiger partial charge in [0.1, 0.15) is 5.52 Å². The molecule has 0 N–H and O–H groups in total. The van der Waals surface area contributed by atoms with Gasteiger partial charge in [0.15, 0.2) is 5.82 Å². The van der Waals surface area contributed by atoms with Crippen molar-refractivity contribution in [3.05, 3.63) is 35.8 Å². The SMILES string of the molecule is Cc1cc(F)c(OS(C)(=O)=O)c2ncccc12. The van der Waals surface area contributed by atoms with Crippen LogP contribution in [-0.2, 0) is 10.1 Å². The second-order valence-corrected chi connectivity index (χ2v) is 5.27. The Morgan fingerprint density at radius 1 is 1.41 bits per heavy atom. The van der Waals surface area contributed by atoms with Crippen molar-refractivity contribution in [2.75, 3.05) is 6.26 Å². The topological polar surface area (TPSA) is 56.3 Å². The minimum Gasteiger partial charge on any atom is -0.377 e. The van der Waals surface area contributed by atoms with Gasteiger partial charge < -0.3 is 4.18 Å². The van der Waals surface area contributed by atoms with Gasteiger partial charge in [-0.05, 0) is 24.6 Å². The Hall–Kier alpha value is -1.69. The fraction of sp³-hybridized carbons (Fsp3) is 0.182. The molecule has 0 aliphatic heterocycles. The van der Waals surface area contributed by atoms with Crippen LogP contribution in [0.25, 0.3) is 10.9 Å². The number of halogens is 1. The van der Waals surface area contributed by atoms with Gasteiger partial charge >= 0.3 is 10.1 Å². The number of hydrogen-bond acceptors (Lipinski definition) is 4. The molecule has 0 radical (unpaired) electrons. The highest BCUT2D eigenvalue weighted by Crippen LogP contribution is 2.30. The van der Waals surface area contributed by atoms with Crippen LogP contribution in [0.5, 0.6) is 5.75 Å². The molecule has 0 unspecified atom stereocenters. The summed E-state index contributed by atoms with van der Waals surface area (Å²) in [6, 6.07) is 4.65. The first-order valence-electron chi connectivity index (χ1n) is 4.82. The minimum atomic E-state index is -3.78. The van der Waals surface area contributed by atoms with Crippen molar-refractivity contribution in [1.29, 1.82) is 0 Å². The summed E-state index contributed by atoms with van der Waals surface area (Å²) in [6.45, 7) is 1.72. The fourth-order valence-corrected chi connectivity index (χ4v) is 2.04. The number of pyridine rings is 1. The molecule has 2 rings (SSSR count). The van der Waals surface area contributed by atoms with Crippen molar-refractivity contribution < 1.29 is 17.0 Å². The Morgan fingerprint density at radius 2 is 2.12 bits per heavy atom. The number of nitrogens with zero attached hydrogens (tertiary/aromatic N) is 1. The maximum Gasteiger partial charge on any atom is 0.306 e. The van der Waals surface area contributed by atoms with Crippen LogP contribution in [0.15, 0.2) is 24.4 Å². The van der Waals surface area contributed by atoms with Gasteiger partial charge in [-0.25, -0.2) is 4.39 Å². The molecule has 0 atom stereocenters. The van der Waals surface area contributed by atoms with Crippen LogP contribution in [0.3, 0.4) is 0 Å². The minimum absolute atomic E-state index is 0.204. The molecule has 17 heavy (non-hydrogen) atoms. The number of rotatable bonds is 2. The molecule has 0 saturated heterocycles. The van der Waals surface area contributed by atoms with E-state index in [9.17, 15) is 12.8 Å². The summed E-state index contributed by atoms with van der Waals surface area (Å²) in [5, 5.41) is 0.660. The van der Waals surface area contributed by atoms with Crippen LogP contribution < -0.4 is 4.18 Å². The molecule has 0 amide bonds. The van der Waals surface area contributed by atoms with Crippen LogP contribution in [0.4, 0.5) is 4.39 Å². The summed E-state index contributed by atoms with van der Waals surface area (Å²) >= 11 is 0. The average molecular weight is 255 g/mol. The van der Waals surface area contributed by atoms with Crippen molar-refractivity contribution in [2.45, 2.75) is 6.92 Å². The van der Waals surface area contributed by atoms with E-state index in [1.54, 1.807) is 19.1 Å². The van der Waals surface area contributed by atoms with Crippen LogP contribution >= 0.6 is 0 Å². The smallest absolute Gasteiger partial charge is 0.306 e. The van der Waals surface area contributed by atoms with E-state index in [-0.39, 0.29) is 11.3 Å². The summed E-state index contributed by atoms with van der Waals surface area (Å²) in [6.07, 6.45) is 2.32. The molecule has 2 aromatic rings. The lowest BCUT2D eigenvalue weighted by Crippen LogP contribution is -2.08. The van der Waals surface area contributed by atoms with E-state index in [1.807, 2.05) is 0 Å². The lowest BCUT2D eigenvalue weighted by atomic mass is 10.1. The standard InChI is InChI=1S/C11H10FNO3S/c1-7-6-9(12)11(16-17(2,14)15)10-8(7)4-3-5-13-10/h3-6H,1-2H3. The lowest BCUT2D eigenvalue weighted by Gasteiger charge is -2.09. The number of benzene rings is 1. The second-order valence-electron chi connectivity index (χ2n) is 3.69. The van der Waals surface area contributed by atoms with Gasteiger partial charge in [-0.1, -0.05) is 6.07 Å². The molecule has 6 heteroatoms. The highest BCUT2D eigenvalue weighted by Gasteiger charge is 2.16.